The van der Waals surface area contributed by atoms with Crippen LogP contribution < -0.4 is 4.74 Å². The van der Waals surface area contributed by atoms with Gasteiger partial charge in [-0.3, -0.25) is 9.78 Å². The number of ether oxygens (including phenoxy) is 2. The molecule has 0 aromatic carbocycles. The molecule has 9 nitrogen and oxygen atoms in total. The lowest BCUT2D eigenvalue weighted by molar-refractivity contribution is 0.0298. The fourth-order valence-corrected chi connectivity index (χ4v) is 2.82. The molecule has 0 atom stereocenters. The first-order valence-corrected chi connectivity index (χ1v) is 8.56. The molecule has 0 radical (unpaired) electrons. The zero-order valence-corrected chi connectivity index (χ0v) is 15.1. The van der Waals surface area contributed by atoms with Crippen LogP contribution in [0, 0.1) is 6.92 Å². The van der Waals surface area contributed by atoms with Gasteiger partial charge in [0.05, 0.1) is 32.2 Å². The highest BCUT2D eigenvalue weighted by Crippen LogP contribution is 2.26. The van der Waals surface area contributed by atoms with Gasteiger partial charge in [0, 0.05) is 24.8 Å². The molecule has 0 N–H and O–H groups in total. The second-order valence-electron chi connectivity index (χ2n) is 6.08. The maximum absolute atomic E-state index is 12.8. The number of oxazole rings is 1. The SMILES string of the molecule is COc1cnc(-c2cc(C(=O)N3CCOCC3)nn2-c2ccc(C)nc2)o1. The first-order chi connectivity index (χ1) is 13.2. The summed E-state index contributed by atoms with van der Waals surface area (Å²) in [5.41, 5.74) is 2.44. The normalized spacial score (nSPS) is 14.4. The van der Waals surface area contributed by atoms with Crippen molar-refractivity contribution in [2.75, 3.05) is 33.4 Å². The van der Waals surface area contributed by atoms with Gasteiger partial charge in [-0.15, -0.1) is 0 Å². The van der Waals surface area contributed by atoms with Crippen molar-refractivity contribution < 1.29 is 18.7 Å². The number of methoxy groups -OCH3 is 1. The Balaban J connectivity index is 1.76. The van der Waals surface area contributed by atoms with E-state index in [0.717, 1.165) is 5.69 Å². The molecule has 27 heavy (non-hydrogen) atoms. The van der Waals surface area contributed by atoms with Crippen molar-refractivity contribution in [3.8, 4) is 23.2 Å². The Kier molecular flexibility index (Phi) is 4.59. The number of hydrogen-bond acceptors (Lipinski definition) is 7. The minimum absolute atomic E-state index is 0.156. The Hall–Kier alpha value is -3.20. The van der Waals surface area contributed by atoms with Crippen molar-refractivity contribution >= 4 is 5.91 Å². The molecule has 0 unspecified atom stereocenters. The van der Waals surface area contributed by atoms with Crippen LogP contribution in [0.2, 0.25) is 0 Å². The van der Waals surface area contributed by atoms with Gasteiger partial charge in [-0.05, 0) is 19.1 Å². The summed E-state index contributed by atoms with van der Waals surface area (Å²) in [6.45, 7) is 4.04. The van der Waals surface area contributed by atoms with Crippen LogP contribution in [0.3, 0.4) is 0 Å². The Morgan fingerprint density at radius 3 is 2.67 bits per heavy atom. The number of hydrogen-bond donors (Lipinski definition) is 0. The van der Waals surface area contributed by atoms with E-state index in [-0.39, 0.29) is 11.9 Å². The van der Waals surface area contributed by atoms with Crippen LogP contribution in [0.1, 0.15) is 16.2 Å². The summed E-state index contributed by atoms with van der Waals surface area (Å²) >= 11 is 0. The van der Waals surface area contributed by atoms with Gasteiger partial charge >= 0.3 is 5.95 Å². The molecule has 1 aliphatic rings. The van der Waals surface area contributed by atoms with E-state index in [0.29, 0.717) is 49.3 Å². The zero-order chi connectivity index (χ0) is 18.8. The standard InChI is InChI=1S/C18H19N5O4/c1-12-3-4-13(10-19-12)23-15(17-20-11-16(25-2)27-17)9-14(21-23)18(24)22-5-7-26-8-6-22/h3-4,9-11H,5-8H2,1-2H3. The summed E-state index contributed by atoms with van der Waals surface area (Å²) in [6.07, 6.45) is 3.17. The number of carbonyl (C=O) groups excluding carboxylic acids is 1. The molecule has 140 valence electrons. The fraction of sp³-hybridized carbons (Fsp3) is 0.333. The van der Waals surface area contributed by atoms with Gasteiger partial charge in [-0.1, -0.05) is 0 Å². The van der Waals surface area contributed by atoms with Gasteiger partial charge in [-0.2, -0.15) is 5.10 Å². The molecule has 1 fully saturated rings. The Morgan fingerprint density at radius 2 is 2.00 bits per heavy atom. The lowest BCUT2D eigenvalue weighted by atomic mass is 10.3. The van der Waals surface area contributed by atoms with Crippen LogP contribution in [0.25, 0.3) is 17.3 Å². The number of pyridine rings is 1. The van der Waals surface area contributed by atoms with E-state index >= 15 is 0 Å². The molecule has 3 aromatic rings. The molecule has 0 spiro atoms. The highest BCUT2D eigenvalue weighted by atomic mass is 16.6. The van der Waals surface area contributed by atoms with Gasteiger partial charge in [0.1, 0.15) is 11.9 Å². The molecule has 3 aromatic heterocycles. The van der Waals surface area contributed by atoms with E-state index in [1.807, 2.05) is 19.1 Å². The number of aromatic nitrogens is 4. The highest BCUT2D eigenvalue weighted by Gasteiger charge is 2.25. The van der Waals surface area contributed by atoms with Crippen LogP contribution >= 0.6 is 0 Å². The summed E-state index contributed by atoms with van der Waals surface area (Å²) in [5.74, 6) is 0.429. The van der Waals surface area contributed by atoms with E-state index in [4.69, 9.17) is 13.9 Å². The minimum Gasteiger partial charge on any atom is -0.467 e. The molecule has 1 aliphatic heterocycles. The lowest BCUT2D eigenvalue weighted by Crippen LogP contribution is -2.40. The zero-order valence-electron chi connectivity index (χ0n) is 15.1. The van der Waals surface area contributed by atoms with Gasteiger partial charge < -0.3 is 18.8 Å². The number of rotatable bonds is 4. The van der Waals surface area contributed by atoms with Crippen LogP contribution in [0.5, 0.6) is 5.95 Å². The highest BCUT2D eigenvalue weighted by molar-refractivity contribution is 5.93. The van der Waals surface area contributed by atoms with Gasteiger partial charge in [0.15, 0.2) is 5.69 Å². The smallest absolute Gasteiger partial charge is 0.305 e. The van der Waals surface area contributed by atoms with Crippen LogP contribution in [0.15, 0.2) is 35.0 Å². The number of carbonyl (C=O) groups is 1. The maximum atomic E-state index is 12.8. The Bertz CT molecular complexity index is 941. The number of amides is 1. The predicted molar refractivity (Wildman–Crippen MR) is 94.9 cm³/mol. The molecule has 1 amide bonds. The van der Waals surface area contributed by atoms with Crippen molar-refractivity contribution in [3.05, 3.63) is 42.0 Å². The number of aryl methyl sites for hydroxylation is 1. The summed E-state index contributed by atoms with van der Waals surface area (Å²) in [6, 6.07) is 5.42. The van der Waals surface area contributed by atoms with E-state index in [2.05, 4.69) is 15.1 Å². The molecular formula is C18H19N5O4. The van der Waals surface area contributed by atoms with Crippen LogP contribution in [-0.2, 0) is 4.74 Å². The largest absolute Gasteiger partial charge is 0.467 e. The van der Waals surface area contributed by atoms with Gasteiger partial charge in [0.25, 0.3) is 5.91 Å². The molecule has 4 rings (SSSR count). The van der Waals surface area contributed by atoms with Crippen molar-refractivity contribution in [1.82, 2.24) is 24.6 Å². The number of nitrogens with zero attached hydrogens (tertiary/aromatic N) is 5. The van der Waals surface area contributed by atoms with Crippen molar-refractivity contribution in [3.63, 3.8) is 0 Å². The molecular weight excluding hydrogens is 350 g/mol. The average Bonchev–Trinajstić information content (AvgIpc) is 3.35. The summed E-state index contributed by atoms with van der Waals surface area (Å²) in [7, 11) is 1.50. The molecule has 0 saturated carbocycles. The van der Waals surface area contributed by atoms with Crippen molar-refractivity contribution in [2.45, 2.75) is 6.92 Å². The Labute approximate surface area is 155 Å². The molecule has 9 heteroatoms. The van der Waals surface area contributed by atoms with E-state index in [9.17, 15) is 4.79 Å². The maximum Gasteiger partial charge on any atom is 0.305 e. The fourth-order valence-electron chi connectivity index (χ4n) is 2.82. The third-order valence-electron chi connectivity index (χ3n) is 4.27. The van der Waals surface area contributed by atoms with Crippen molar-refractivity contribution in [2.24, 2.45) is 0 Å². The third-order valence-corrected chi connectivity index (χ3v) is 4.27. The quantitative estimate of drug-likeness (QED) is 0.691. The van der Waals surface area contributed by atoms with Crippen LogP contribution in [0.4, 0.5) is 0 Å². The van der Waals surface area contributed by atoms with Crippen LogP contribution in [-0.4, -0.2) is 64.0 Å². The second kappa shape index (κ2) is 7.20. The molecule has 0 aliphatic carbocycles. The summed E-state index contributed by atoms with van der Waals surface area (Å²) in [5, 5.41) is 4.50. The number of morpholine rings is 1. The van der Waals surface area contributed by atoms with E-state index in [1.165, 1.54) is 13.3 Å². The first-order valence-electron chi connectivity index (χ1n) is 8.56. The topological polar surface area (TPSA) is 95.5 Å². The minimum atomic E-state index is -0.156. The Morgan fingerprint density at radius 1 is 1.19 bits per heavy atom. The van der Waals surface area contributed by atoms with E-state index < -0.39 is 0 Å². The third kappa shape index (κ3) is 3.41. The molecule has 1 saturated heterocycles. The molecule has 4 heterocycles. The monoisotopic (exact) mass is 369 g/mol. The molecule has 0 bridgehead atoms. The van der Waals surface area contributed by atoms with Crippen molar-refractivity contribution in [1.29, 1.82) is 0 Å². The summed E-state index contributed by atoms with van der Waals surface area (Å²) < 4.78 is 17.6. The second-order valence-corrected chi connectivity index (χ2v) is 6.08. The average molecular weight is 369 g/mol. The predicted octanol–water partition coefficient (Wildman–Crippen LogP) is 1.71. The first kappa shape index (κ1) is 17.2. The van der Waals surface area contributed by atoms with E-state index in [1.54, 1.807) is 21.8 Å². The van der Waals surface area contributed by atoms with Gasteiger partial charge in [-0.25, -0.2) is 9.67 Å². The lowest BCUT2D eigenvalue weighted by Gasteiger charge is -2.25. The summed E-state index contributed by atoms with van der Waals surface area (Å²) in [4.78, 5) is 23.1. The van der Waals surface area contributed by atoms with Gasteiger partial charge in [0.2, 0.25) is 5.89 Å².